The number of alkyl halides is 3. The molecule has 0 saturated heterocycles. The highest BCUT2D eigenvalue weighted by Gasteiger charge is 2.57. The Morgan fingerprint density at radius 3 is 2.33 bits per heavy atom. The van der Waals surface area contributed by atoms with E-state index >= 15 is 0 Å². The molecule has 1 heterocycles. The molecule has 1 atom stereocenters. The Kier molecular flexibility index (Phi) is 2.94. The number of rotatable bonds is 2. The second-order valence-electron chi connectivity index (χ2n) is 4.16. The first-order valence-electron chi connectivity index (χ1n) is 5.36. The Morgan fingerprint density at radius 2 is 1.83 bits per heavy atom. The Labute approximate surface area is 102 Å². The zero-order valence-electron chi connectivity index (χ0n) is 9.62. The van der Waals surface area contributed by atoms with Crippen LogP contribution in [0.15, 0.2) is 42.6 Å². The topological polar surface area (TPSA) is 36.0 Å². The smallest absolute Gasteiger partial charge is 0.371 e. The van der Waals surface area contributed by atoms with Crippen LogP contribution in [0.1, 0.15) is 16.8 Å². The number of nitrogens with one attached hydrogen (secondary N) is 1. The molecule has 2 nitrogen and oxygen atoms in total. The van der Waals surface area contributed by atoms with Crippen molar-refractivity contribution in [2.75, 3.05) is 0 Å². The van der Waals surface area contributed by atoms with E-state index in [9.17, 15) is 18.3 Å². The zero-order chi connectivity index (χ0) is 13.4. The lowest BCUT2D eigenvalue weighted by Crippen LogP contribution is -2.43. The Hall–Kier alpha value is -1.75. The molecule has 0 saturated carbocycles. The van der Waals surface area contributed by atoms with Gasteiger partial charge < -0.3 is 10.1 Å². The van der Waals surface area contributed by atoms with Crippen LogP contribution < -0.4 is 0 Å². The lowest BCUT2D eigenvalue weighted by molar-refractivity contribution is -0.249. The van der Waals surface area contributed by atoms with Crippen LogP contribution in [0.4, 0.5) is 13.2 Å². The molecule has 0 bridgehead atoms. The summed E-state index contributed by atoms with van der Waals surface area (Å²) in [5.74, 6) is 0. The van der Waals surface area contributed by atoms with Crippen molar-refractivity contribution in [1.82, 2.24) is 4.98 Å². The molecule has 2 aromatic rings. The average Bonchev–Trinajstić information content (AvgIpc) is 2.80. The van der Waals surface area contributed by atoms with Gasteiger partial charge in [-0.05, 0) is 24.6 Å². The predicted octanol–water partition coefficient (Wildman–Crippen LogP) is 3.12. The number of hydrogen-bond acceptors (Lipinski definition) is 1. The van der Waals surface area contributed by atoms with Crippen LogP contribution in [0.5, 0.6) is 0 Å². The van der Waals surface area contributed by atoms with Gasteiger partial charge in [0, 0.05) is 6.20 Å². The first-order chi connectivity index (χ1) is 8.35. The van der Waals surface area contributed by atoms with Gasteiger partial charge >= 0.3 is 6.18 Å². The van der Waals surface area contributed by atoms with Crippen LogP contribution in [0.3, 0.4) is 0 Å². The molecule has 0 amide bonds. The van der Waals surface area contributed by atoms with Gasteiger partial charge in [0.05, 0.1) is 5.69 Å². The molecule has 0 spiro atoms. The number of aromatic nitrogens is 1. The van der Waals surface area contributed by atoms with Gasteiger partial charge in [0.25, 0.3) is 0 Å². The molecule has 0 fully saturated rings. The highest BCUT2D eigenvalue weighted by molar-refractivity contribution is 5.36. The van der Waals surface area contributed by atoms with E-state index in [4.69, 9.17) is 0 Å². The molecule has 0 unspecified atom stereocenters. The van der Waals surface area contributed by atoms with Crippen molar-refractivity contribution >= 4 is 0 Å². The molecule has 96 valence electrons. The monoisotopic (exact) mass is 255 g/mol. The quantitative estimate of drug-likeness (QED) is 0.849. The second-order valence-corrected chi connectivity index (χ2v) is 4.16. The summed E-state index contributed by atoms with van der Waals surface area (Å²) in [5.41, 5.74) is -2.84. The number of aryl methyl sites for hydroxylation is 1. The average molecular weight is 255 g/mol. The summed E-state index contributed by atoms with van der Waals surface area (Å²) in [4.78, 5) is 2.43. The molecule has 0 aliphatic heterocycles. The van der Waals surface area contributed by atoms with E-state index in [0.29, 0.717) is 5.56 Å². The van der Waals surface area contributed by atoms with E-state index in [1.807, 2.05) is 0 Å². The third-order valence-electron chi connectivity index (χ3n) is 2.83. The number of benzene rings is 1. The van der Waals surface area contributed by atoms with Crippen LogP contribution in [0.25, 0.3) is 0 Å². The van der Waals surface area contributed by atoms with Gasteiger partial charge in [-0.1, -0.05) is 29.8 Å². The Morgan fingerprint density at radius 1 is 1.11 bits per heavy atom. The molecule has 2 rings (SSSR count). The third-order valence-corrected chi connectivity index (χ3v) is 2.83. The van der Waals surface area contributed by atoms with Crippen molar-refractivity contribution in [2.24, 2.45) is 0 Å². The lowest BCUT2D eigenvalue weighted by atomic mass is 9.89. The highest BCUT2D eigenvalue weighted by Crippen LogP contribution is 2.43. The summed E-state index contributed by atoms with van der Waals surface area (Å²) >= 11 is 0. The molecular formula is C13H12F3NO. The minimum absolute atomic E-state index is 0.197. The van der Waals surface area contributed by atoms with Crippen molar-refractivity contribution in [3.8, 4) is 0 Å². The van der Waals surface area contributed by atoms with E-state index in [-0.39, 0.29) is 11.3 Å². The molecular weight excluding hydrogens is 243 g/mol. The SMILES string of the molecule is Cc1cccc([C@@](O)(c2ccc[nH]2)C(F)(F)F)c1. The first-order valence-corrected chi connectivity index (χ1v) is 5.36. The van der Waals surface area contributed by atoms with Crippen LogP contribution in [0, 0.1) is 6.92 Å². The van der Waals surface area contributed by atoms with E-state index in [0.717, 1.165) is 0 Å². The summed E-state index contributed by atoms with van der Waals surface area (Å²) < 4.78 is 39.6. The van der Waals surface area contributed by atoms with E-state index in [2.05, 4.69) is 4.98 Å². The maximum atomic E-state index is 13.2. The summed E-state index contributed by atoms with van der Waals surface area (Å²) in [6.45, 7) is 1.68. The largest absolute Gasteiger partial charge is 0.427 e. The third kappa shape index (κ3) is 1.90. The molecule has 1 aromatic carbocycles. The fourth-order valence-corrected chi connectivity index (χ4v) is 1.90. The summed E-state index contributed by atoms with van der Waals surface area (Å²) in [6, 6.07) is 8.40. The molecule has 1 aromatic heterocycles. The maximum Gasteiger partial charge on any atom is 0.427 e. The number of halogens is 3. The number of hydrogen-bond donors (Lipinski definition) is 2. The first kappa shape index (κ1) is 12.7. The van der Waals surface area contributed by atoms with Gasteiger partial charge in [0.15, 0.2) is 0 Å². The van der Waals surface area contributed by atoms with E-state index in [1.54, 1.807) is 13.0 Å². The van der Waals surface area contributed by atoms with Crippen LogP contribution in [-0.2, 0) is 5.60 Å². The van der Waals surface area contributed by atoms with Gasteiger partial charge in [0.1, 0.15) is 0 Å². The fourth-order valence-electron chi connectivity index (χ4n) is 1.90. The second kappa shape index (κ2) is 4.17. The molecule has 0 radical (unpaired) electrons. The molecule has 0 aliphatic carbocycles. The van der Waals surface area contributed by atoms with Crippen molar-refractivity contribution in [3.05, 3.63) is 59.4 Å². The number of aliphatic hydroxyl groups is 1. The van der Waals surface area contributed by atoms with Gasteiger partial charge in [-0.2, -0.15) is 13.2 Å². The lowest BCUT2D eigenvalue weighted by Gasteiger charge is -2.30. The van der Waals surface area contributed by atoms with E-state index in [1.165, 1.54) is 36.5 Å². The maximum absolute atomic E-state index is 13.2. The van der Waals surface area contributed by atoms with Crippen LogP contribution in [-0.4, -0.2) is 16.3 Å². The van der Waals surface area contributed by atoms with Gasteiger partial charge in [-0.25, -0.2) is 0 Å². The molecule has 0 aliphatic rings. The number of H-pyrrole nitrogens is 1. The van der Waals surface area contributed by atoms with Gasteiger partial charge in [-0.3, -0.25) is 0 Å². The Bertz CT molecular complexity index is 533. The molecule has 2 N–H and O–H groups in total. The minimum atomic E-state index is -4.80. The van der Waals surface area contributed by atoms with Crippen molar-refractivity contribution in [1.29, 1.82) is 0 Å². The number of aromatic amines is 1. The summed E-state index contributed by atoms with van der Waals surface area (Å²) in [5, 5.41) is 10.1. The van der Waals surface area contributed by atoms with Gasteiger partial charge in [0.2, 0.25) is 5.60 Å². The minimum Gasteiger partial charge on any atom is -0.371 e. The molecule has 5 heteroatoms. The van der Waals surface area contributed by atoms with Crippen LogP contribution >= 0.6 is 0 Å². The fraction of sp³-hybridized carbons (Fsp3) is 0.231. The predicted molar refractivity (Wildman–Crippen MR) is 61.0 cm³/mol. The standard InChI is InChI=1S/C13H12F3NO/c1-9-4-2-5-10(8-9)12(18,13(14,15)16)11-6-3-7-17-11/h2-8,17-18H,1H3/t12-/m1/s1. The molecule has 18 heavy (non-hydrogen) atoms. The summed E-state index contributed by atoms with van der Waals surface area (Å²) in [7, 11) is 0. The van der Waals surface area contributed by atoms with Crippen molar-refractivity contribution in [2.45, 2.75) is 18.7 Å². The zero-order valence-corrected chi connectivity index (χ0v) is 9.62. The normalized spacial score (nSPS) is 15.4. The Balaban J connectivity index is 2.64. The van der Waals surface area contributed by atoms with Gasteiger partial charge in [-0.15, -0.1) is 0 Å². The van der Waals surface area contributed by atoms with Crippen molar-refractivity contribution in [3.63, 3.8) is 0 Å². The summed E-state index contributed by atoms with van der Waals surface area (Å²) in [6.07, 6.45) is -3.45. The highest BCUT2D eigenvalue weighted by atomic mass is 19.4. The van der Waals surface area contributed by atoms with Crippen LogP contribution in [0.2, 0.25) is 0 Å². The van der Waals surface area contributed by atoms with Crippen molar-refractivity contribution < 1.29 is 18.3 Å². The van der Waals surface area contributed by atoms with E-state index < -0.39 is 11.8 Å².